The van der Waals surface area contributed by atoms with Crippen molar-refractivity contribution in [2.45, 2.75) is 26.4 Å². The molecule has 0 saturated carbocycles. The highest BCUT2D eigenvalue weighted by atomic mass is 19.1. The quantitative estimate of drug-likeness (QED) is 0.729. The van der Waals surface area contributed by atoms with E-state index in [-0.39, 0.29) is 17.2 Å². The molecule has 0 radical (unpaired) electrons. The molecule has 3 rings (SSSR count). The minimum atomic E-state index is -0.685. The number of carbonyl (C=O) groups is 1. The number of hydrogen-bond donors (Lipinski definition) is 2. The maximum Gasteiger partial charge on any atom is 0.333 e. The van der Waals surface area contributed by atoms with Crippen LogP contribution >= 0.6 is 0 Å². The van der Waals surface area contributed by atoms with E-state index >= 15 is 0 Å². The van der Waals surface area contributed by atoms with Gasteiger partial charge in [0.05, 0.1) is 18.9 Å². The summed E-state index contributed by atoms with van der Waals surface area (Å²) in [5, 5.41) is 2.39. The van der Waals surface area contributed by atoms with Crippen molar-refractivity contribution < 1.29 is 13.9 Å². The lowest BCUT2D eigenvalue weighted by Gasteiger charge is -2.30. The minimum absolute atomic E-state index is 0.0247. The van der Waals surface area contributed by atoms with Gasteiger partial charge in [0.15, 0.2) is 0 Å². The number of morpholine rings is 1. The lowest BCUT2D eigenvalue weighted by molar-refractivity contribution is -0.116. The third-order valence-electron chi connectivity index (χ3n) is 4.67. The molecule has 0 aliphatic carbocycles. The van der Waals surface area contributed by atoms with E-state index in [2.05, 4.69) is 5.32 Å². The van der Waals surface area contributed by atoms with Crippen molar-refractivity contribution in [3.8, 4) is 0 Å². The second-order valence-corrected chi connectivity index (χ2v) is 6.69. The zero-order chi connectivity index (χ0) is 21.0. The number of benzene rings is 1. The molecule has 29 heavy (non-hydrogen) atoms. The van der Waals surface area contributed by atoms with E-state index in [1.807, 2.05) is 6.92 Å². The number of hydrogen-bond acceptors (Lipinski definition) is 6. The van der Waals surface area contributed by atoms with Gasteiger partial charge in [0.25, 0.3) is 5.56 Å². The second kappa shape index (κ2) is 8.91. The molecule has 1 aliphatic rings. The molecule has 1 aromatic carbocycles. The second-order valence-electron chi connectivity index (χ2n) is 6.69. The fraction of sp³-hybridized carbons (Fsp3) is 0.421. The number of nitrogen functional groups attached to an aromatic ring is 1. The lowest BCUT2D eigenvalue weighted by atomic mass is 10.3. The van der Waals surface area contributed by atoms with Crippen molar-refractivity contribution >= 4 is 23.1 Å². The normalized spacial score (nSPS) is 14.1. The van der Waals surface area contributed by atoms with Crippen LogP contribution in [0, 0.1) is 5.82 Å². The summed E-state index contributed by atoms with van der Waals surface area (Å²) in [5.74, 6) is -1.22. The van der Waals surface area contributed by atoms with Gasteiger partial charge in [-0.25, -0.2) is 13.8 Å². The number of halogens is 1. The molecule has 0 spiro atoms. The molecule has 1 aliphatic heterocycles. The third-order valence-corrected chi connectivity index (χ3v) is 4.67. The lowest BCUT2D eigenvalue weighted by Crippen LogP contribution is -2.48. The van der Waals surface area contributed by atoms with Gasteiger partial charge in [-0.3, -0.25) is 14.2 Å². The summed E-state index contributed by atoms with van der Waals surface area (Å²) in [5.41, 5.74) is 5.00. The molecular weight excluding hydrogens is 381 g/mol. The number of nitrogens with one attached hydrogen (secondary N) is 1. The van der Waals surface area contributed by atoms with E-state index in [9.17, 15) is 18.8 Å². The number of para-hydroxylation sites is 1. The Balaban J connectivity index is 1.99. The van der Waals surface area contributed by atoms with Crippen molar-refractivity contribution in [2.75, 3.05) is 42.3 Å². The number of aromatic nitrogens is 2. The SMILES string of the molecule is CCCn1c(N)c(N2CCOCC2)c(=O)n(CC(=O)Nc2ccccc2F)c1=O. The first-order valence-electron chi connectivity index (χ1n) is 9.44. The van der Waals surface area contributed by atoms with Crippen LogP contribution in [-0.4, -0.2) is 41.3 Å². The molecule has 1 saturated heterocycles. The molecular formula is C19H24FN5O4. The van der Waals surface area contributed by atoms with Crippen LogP contribution in [0.2, 0.25) is 0 Å². The van der Waals surface area contributed by atoms with E-state index in [0.29, 0.717) is 39.3 Å². The van der Waals surface area contributed by atoms with Gasteiger partial charge >= 0.3 is 5.69 Å². The van der Waals surface area contributed by atoms with Gasteiger partial charge in [-0.1, -0.05) is 19.1 Å². The van der Waals surface area contributed by atoms with Gasteiger partial charge in [0.1, 0.15) is 23.9 Å². The zero-order valence-corrected chi connectivity index (χ0v) is 16.2. The summed E-state index contributed by atoms with van der Waals surface area (Å²) in [7, 11) is 0. The molecule has 1 fully saturated rings. The number of amides is 1. The predicted molar refractivity (Wildman–Crippen MR) is 108 cm³/mol. The van der Waals surface area contributed by atoms with Gasteiger partial charge in [-0.15, -0.1) is 0 Å². The van der Waals surface area contributed by atoms with E-state index in [1.165, 1.54) is 22.8 Å². The van der Waals surface area contributed by atoms with E-state index in [0.717, 1.165) is 4.57 Å². The Labute approximate surface area is 166 Å². The van der Waals surface area contributed by atoms with Crippen molar-refractivity contribution in [1.29, 1.82) is 0 Å². The summed E-state index contributed by atoms with van der Waals surface area (Å²) in [6.45, 7) is 3.39. The number of ether oxygens (including phenoxy) is 1. The molecule has 0 unspecified atom stereocenters. The first kappa shape index (κ1) is 20.6. The zero-order valence-electron chi connectivity index (χ0n) is 16.2. The van der Waals surface area contributed by atoms with E-state index < -0.39 is 29.5 Å². The van der Waals surface area contributed by atoms with Crippen LogP contribution in [0.15, 0.2) is 33.9 Å². The first-order valence-corrected chi connectivity index (χ1v) is 9.44. The molecule has 1 amide bonds. The molecule has 0 bridgehead atoms. The highest BCUT2D eigenvalue weighted by molar-refractivity contribution is 5.90. The smallest absolute Gasteiger partial charge is 0.333 e. The first-order chi connectivity index (χ1) is 13.9. The Bertz CT molecular complexity index is 1010. The standard InChI is InChI=1S/C19H24FN5O4/c1-2-7-24-17(21)16(23-8-10-29-11-9-23)18(27)25(19(24)28)12-15(26)22-14-6-4-3-5-13(14)20/h3-6H,2,7-12,21H2,1H3,(H,22,26). The molecule has 10 heteroatoms. The van der Waals surface area contributed by atoms with E-state index in [4.69, 9.17) is 10.5 Å². The molecule has 1 aromatic heterocycles. The Kier molecular flexibility index (Phi) is 6.32. The number of nitrogens with two attached hydrogens (primary N) is 1. The number of nitrogens with zero attached hydrogens (tertiary/aromatic N) is 3. The van der Waals surface area contributed by atoms with Crippen molar-refractivity contribution in [3.05, 3.63) is 50.9 Å². The average molecular weight is 405 g/mol. The van der Waals surface area contributed by atoms with Crippen LogP contribution in [-0.2, 0) is 22.6 Å². The van der Waals surface area contributed by atoms with Crippen molar-refractivity contribution in [2.24, 2.45) is 0 Å². The van der Waals surface area contributed by atoms with Crippen LogP contribution in [0.3, 0.4) is 0 Å². The van der Waals surface area contributed by atoms with Crippen LogP contribution in [0.5, 0.6) is 0 Å². The molecule has 156 valence electrons. The van der Waals surface area contributed by atoms with Gasteiger partial charge in [0.2, 0.25) is 5.91 Å². The highest BCUT2D eigenvalue weighted by Crippen LogP contribution is 2.18. The largest absolute Gasteiger partial charge is 0.383 e. The Morgan fingerprint density at radius 2 is 1.90 bits per heavy atom. The van der Waals surface area contributed by atoms with Crippen molar-refractivity contribution in [1.82, 2.24) is 9.13 Å². The summed E-state index contributed by atoms with van der Waals surface area (Å²) >= 11 is 0. The summed E-state index contributed by atoms with van der Waals surface area (Å²) in [6.07, 6.45) is 0.617. The fourth-order valence-electron chi connectivity index (χ4n) is 3.26. The molecule has 3 N–H and O–H groups in total. The predicted octanol–water partition coefficient (Wildman–Crippen LogP) is 0.617. The van der Waals surface area contributed by atoms with Crippen LogP contribution in [0.1, 0.15) is 13.3 Å². The maximum absolute atomic E-state index is 13.8. The Morgan fingerprint density at radius 1 is 1.21 bits per heavy atom. The highest BCUT2D eigenvalue weighted by Gasteiger charge is 2.24. The number of rotatable bonds is 6. The maximum atomic E-state index is 13.8. The van der Waals surface area contributed by atoms with Gasteiger partial charge < -0.3 is 20.7 Å². The molecule has 9 nitrogen and oxygen atoms in total. The molecule has 2 heterocycles. The Hall–Kier alpha value is -3.14. The number of carbonyl (C=O) groups excluding carboxylic acids is 1. The van der Waals surface area contributed by atoms with Crippen LogP contribution < -0.4 is 27.2 Å². The monoisotopic (exact) mass is 405 g/mol. The summed E-state index contributed by atoms with van der Waals surface area (Å²) < 4.78 is 21.2. The summed E-state index contributed by atoms with van der Waals surface area (Å²) in [6, 6.07) is 5.66. The van der Waals surface area contributed by atoms with Crippen molar-refractivity contribution in [3.63, 3.8) is 0 Å². The van der Waals surface area contributed by atoms with Crippen LogP contribution in [0.25, 0.3) is 0 Å². The van der Waals surface area contributed by atoms with Gasteiger partial charge in [-0.05, 0) is 18.6 Å². The summed E-state index contributed by atoms with van der Waals surface area (Å²) in [4.78, 5) is 40.1. The number of anilines is 3. The van der Waals surface area contributed by atoms with Gasteiger partial charge in [-0.2, -0.15) is 0 Å². The Morgan fingerprint density at radius 3 is 2.55 bits per heavy atom. The van der Waals surface area contributed by atoms with Gasteiger partial charge in [0, 0.05) is 19.6 Å². The third kappa shape index (κ3) is 4.32. The van der Waals surface area contributed by atoms with Crippen LogP contribution in [0.4, 0.5) is 21.6 Å². The fourth-order valence-corrected chi connectivity index (χ4v) is 3.26. The molecule has 0 atom stereocenters. The van der Waals surface area contributed by atoms with E-state index in [1.54, 1.807) is 11.0 Å². The topological polar surface area (TPSA) is 112 Å². The molecule has 2 aromatic rings. The average Bonchev–Trinajstić information content (AvgIpc) is 2.71. The minimum Gasteiger partial charge on any atom is -0.383 e.